The number of hydrogen-bond acceptors (Lipinski definition) is 3. The number of anilines is 1. The Labute approximate surface area is 155 Å². The zero-order valence-corrected chi connectivity index (χ0v) is 15.6. The van der Waals surface area contributed by atoms with Gasteiger partial charge in [0.2, 0.25) is 11.8 Å². The molecular formula is C21H26N2O3. The lowest BCUT2D eigenvalue weighted by Gasteiger charge is -2.18. The number of benzene rings is 2. The predicted octanol–water partition coefficient (Wildman–Crippen LogP) is 3.29. The Morgan fingerprint density at radius 3 is 1.96 bits per heavy atom. The van der Waals surface area contributed by atoms with Gasteiger partial charge in [0, 0.05) is 18.8 Å². The summed E-state index contributed by atoms with van der Waals surface area (Å²) in [5.74, 6) is 0.803. The molecule has 2 aromatic rings. The average Bonchev–Trinajstić information content (AvgIpc) is 2.65. The van der Waals surface area contributed by atoms with Crippen molar-refractivity contribution >= 4 is 17.5 Å². The molecule has 2 rings (SSSR count). The minimum atomic E-state index is -0.0814. The first kappa shape index (κ1) is 19.5. The van der Waals surface area contributed by atoms with Crippen molar-refractivity contribution in [2.45, 2.75) is 26.7 Å². The number of amides is 2. The van der Waals surface area contributed by atoms with Gasteiger partial charge in [-0.25, -0.2) is 0 Å². The number of nitrogens with one attached hydrogen (secondary N) is 1. The van der Waals surface area contributed by atoms with Crippen LogP contribution in [-0.4, -0.2) is 36.9 Å². The molecule has 0 unspecified atom stereocenters. The average molecular weight is 354 g/mol. The summed E-state index contributed by atoms with van der Waals surface area (Å²) in [4.78, 5) is 26.1. The highest BCUT2D eigenvalue weighted by Crippen LogP contribution is 2.14. The summed E-state index contributed by atoms with van der Waals surface area (Å²) in [6.45, 7) is 5.38. The van der Waals surface area contributed by atoms with Crippen molar-refractivity contribution in [1.82, 2.24) is 4.90 Å². The van der Waals surface area contributed by atoms with Crippen LogP contribution in [0.4, 0.5) is 5.69 Å². The van der Waals surface area contributed by atoms with E-state index >= 15 is 0 Å². The molecule has 0 saturated heterocycles. The topological polar surface area (TPSA) is 58.6 Å². The maximum Gasteiger partial charge on any atom is 0.228 e. The van der Waals surface area contributed by atoms with E-state index in [4.69, 9.17) is 4.74 Å². The summed E-state index contributed by atoms with van der Waals surface area (Å²) in [5.41, 5.74) is 2.59. The Morgan fingerprint density at radius 1 is 0.885 bits per heavy atom. The van der Waals surface area contributed by atoms with E-state index < -0.39 is 0 Å². The molecule has 1 N–H and O–H groups in total. The van der Waals surface area contributed by atoms with Crippen molar-refractivity contribution in [3.8, 4) is 5.75 Å². The Hall–Kier alpha value is -2.82. The van der Waals surface area contributed by atoms with Crippen LogP contribution in [0, 0.1) is 0 Å². The van der Waals surface area contributed by atoms with E-state index in [0.29, 0.717) is 12.8 Å². The molecule has 5 nitrogen and oxygen atoms in total. The SMILES string of the molecule is CCN(CC)C(=O)Cc1ccc(NC(=O)Cc2ccc(OC)cc2)cc1. The van der Waals surface area contributed by atoms with Gasteiger partial charge in [-0.2, -0.15) is 0 Å². The minimum absolute atomic E-state index is 0.0814. The molecule has 0 heterocycles. The zero-order valence-electron chi connectivity index (χ0n) is 15.6. The van der Waals surface area contributed by atoms with Crippen molar-refractivity contribution in [2.24, 2.45) is 0 Å². The standard InChI is InChI=1S/C21H26N2O3/c1-4-23(5-2)21(25)15-17-6-10-18(11-7-17)22-20(24)14-16-8-12-19(26-3)13-9-16/h6-13H,4-5,14-15H2,1-3H3,(H,22,24). The Morgan fingerprint density at radius 2 is 1.42 bits per heavy atom. The van der Waals surface area contributed by atoms with Gasteiger partial charge in [-0.15, -0.1) is 0 Å². The van der Waals surface area contributed by atoms with Gasteiger partial charge in [-0.1, -0.05) is 24.3 Å². The Balaban J connectivity index is 1.89. The Kier molecular flexibility index (Phi) is 7.21. The first-order valence-corrected chi connectivity index (χ1v) is 8.85. The van der Waals surface area contributed by atoms with E-state index in [1.165, 1.54) is 0 Å². The van der Waals surface area contributed by atoms with Crippen LogP contribution in [0.2, 0.25) is 0 Å². The van der Waals surface area contributed by atoms with E-state index in [2.05, 4.69) is 5.32 Å². The third-order valence-electron chi connectivity index (χ3n) is 4.23. The lowest BCUT2D eigenvalue weighted by atomic mass is 10.1. The van der Waals surface area contributed by atoms with Crippen LogP contribution < -0.4 is 10.1 Å². The minimum Gasteiger partial charge on any atom is -0.497 e. The molecule has 0 aromatic heterocycles. The normalized spacial score (nSPS) is 10.3. The van der Waals surface area contributed by atoms with E-state index in [1.807, 2.05) is 67.3 Å². The molecular weight excluding hydrogens is 328 g/mol. The van der Waals surface area contributed by atoms with Crippen LogP contribution in [0.5, 0.6) is 5.75 Å². The van der Waals surface area contributed by atoms with E-state index in [9.17, 15) is 9.59 Å². The molecule has 26 heavy (non-hydrogen) atoms. The van der Waals surface area contributed by atoms with Gasteiger partial charge in [-0.05, 0) is 49.2 Å². The molecule has 2 aromatic carbocycles. The van der Waals surface area contributed by atoms with Crippen LogP contribution in [0.1, 0.15) is 25.0 Å². The third-order valence-corrected chi connectivity index (χ3v) is 4.23. The highest BCUT2D eigenvalue weighted by atomic mass is 16.5. The number of carbonyl (C=O) groups excluding carboxylic acids is 2. The molecule has 0 atom stereocenters. The van der Waals surface area contributed by atoms with Crippen LogP contribution in [0.3, 0.4) is 0 Å². The van der Waals surface area contributed by atoms with E-state index in [1.54, 1.807) is 7.11 Å². The van der Waals surface area contributed by atoms with Crippen molar-refractivity contribution in [2.75, 3.05) is 25.5 Å². The number of nitrogens with zero attached hydrogens (tertiary/aromatic N) is 1. The summed E-state index contributed by atoms with van der Waals surface area (Å²) < 4.78 is 5.11. The lowest BCUT2D eigenvalue weighted by Crippen LogP contribution is -2.31. The number of hydrogen-bond donors (Lipinski definition) is 1. The predicted molar refractivity (Wildman–Crippen MR) is 103 cm³/mol. The first-order valence-electron chi connectivity index (χ1n) is 8.85. The molecule has 0 aliphatic rings. The summed E-state index contributed by atoms with van der Waals surface area (Å²) in [6.07, 6.45) is 0.675. The largest absolute Gasteiger partial charge is 0.497 e. The van der Waals surface area contributed by atoms with Gasteiger partial charge in [0.25, 0.3) is 0 Å². The van der Waals surface area contributed by atoms with Crippen LogP contribution in [-0.2, 0) is 22.4 Å². The first-order chi connectivity index (χ1) is 12.5. The highest BCUT2D eigenvalue weighted by Gasteiger charge is 2.10. The lowest BCUT2D eigenvalue weighted by molar-refractivity contribution is -0.130. The molecule has 5 heteroatoms. The molecule has 0 radical (unpaired) electrons. The van der Waals surface area contributed by atoms with Gasteiger partial charge in [0.1, 0.15) is 5.75 Å². The van der Waals surface area contributed by atoms with E-state index in [-0.39, 0.29) is 11.8 Å². The van der Waals surface area contributed by atoms with Crippen molar-refractivity contribution in [3.05, 3.63) is 59.7 Å². The maximum absolute atomic E-state index is 12.2. The second-order valence-electron chi connectivity index (χ2n) is 6.01. The second kappa shape index (κ2) is 9.61. The maximum atomic E-state index is 12.2. The van der Waals surface area contributed by atoms with Gasteiger partial charge in [-0.3, -0.25) is 9.59 Å². The van der Waals surface area contributed by atoms with Crippen molar-refractivity contribution in [3.63, 3.8) is 0 Å². The molecule has 0 fully saturated rings. The fraction of sp³-hybridized carbons (Fsp3) is 0.333. The molecule has 0 saturated carbocycles. The van der Waals surface area contributed by atoms with Crippen molar-refractivity contribution < 1.29 is 14.3 Å². The van der Waals surface area contributed by atoms with Gasteiger partial charge < -0.3 is 15.0 Å². The monoisotopic (exact) mass is 354 g/mol. The molecule has 0 aliphatic heterocycles. The number of carbonyl (C=O) groups is 2. The molecule has 2 amide bonds. The number of ether oxygens (including phenoxy) is 1. The number of methoxy groups -OCH3 is 1. The van der Waals surface area contributed by atoms with Gasteiger partial charge in [0.15, 0.2) is 0 Å². The summed E-state index contributed by atoms with van der Waals surface area (Å²) in [5, 5.41) is 2.88. The summed E-state index contributed by atoms with van der Waals surface area (Å²) in [7, 11) is 1.61. The Bertz CT molecular complexity index is 720. The fourth-order valence-electron chi connectivity index (χ4n) is 2.70. The molecule has 0 aliphatic carbocycles. The quantitative estimate of drug-likeness (QED) is 0.791. The smallest absolute Gasteiger partial charge is 0.228 e. The van der Waals surface area contributed by atoms with Gasteiger partial charge in [0.05, 0.1) is 20.0 Å². The van der Waals surface area contributed by atoms with Crippen LogP contribution >= 0.6 is 0 Å². The number of rotatable bonds is 8. The highest BCUT2D eigenvalue weighted by molar-refractivity contribution is 5.92. The van der Waals surface area contributed by atoms with Crippen molar-refractivity contribution in [1.29, 1.82) is 0 Å². The molecule has 0 spiro atoms. The molecule has 0 bridgehead atoms. The second-order valence-corrected chi connectivity index (χ2v) is 6.01. The van der Waals surface area contributed by atoms with E-state index in [0.717, 1.165) is 35.7 Å². The summed E-state index contributed by atoms with van der Waals surface area (Å²) >= 11 is 0. The zero-order chi connectivity index (χ0) is 18.9. The molecule has 138 valence electrons. The summed E-state index contributed by atoms with van der Waals surface area (Å²) in [6, 6.07) is 14.8. The fourth-order valence-corrected chi connectivity index (χ4v) is 2.70. The van der Waals surface area contributed by atoms with Gasteiger partial charge >= 0.3 is 0 Å². The van der Waals surface area contributed by atoms with Crippen LogP contribution in [0.25, 0.3) is 0 Å². The third kappa shape index (κ3) is 5.62. The number of likely N-dealkylation sites (N-methyl/N-ethyl adjacent to an activating group) is 1. The van der Waals surface area contributed by atoms with Crippen LogP contribution in [0.15, 0.2) is 48.5 Å².